The fraction of sp³-hybridized carbons (Fsp3) is 0.0714. The highest BCUT2D eigenvalue weighted by molar-refractivity contribution is 5.78. The van der Waals surface area contributed by atoms with Crippen LogP contribution in [0.3, 0.4) is 0 Å². The van der Waals surface area contributed by atoms with Gasteiger partial charge >= 0.3 is 5.69 Å². The van der Waals surface area contributed by atoms with Gasteiger partial charge in [0, 0.05) is 6.07 Å². The van der Waals surface area contributed by atoms with Gasteiger partial charge in [-0.1, -0.05) is 6.07 Å². The Morgan fingerprint density at radius 3 is 2.75 bits per heavy atom. The number of rotatable bonds is 2. The van der Waals surface area contributed by atoms with Gasteiger partial charge in [0.15, 0.2) is 11.6 Å². The third-order valence-electron chi connectivity index (χ3n) is 3.05. The Morgan fingerprint density at radius 2 is 2.00 bits per heavy atom. The van der Waals surface area contributed by atoms with E-state index in [0.29, 0.717) is 11.4 Å². The lowest BCUT2D eigenvalue weighted by Gasteiger charge is -2.06. The number of benzene rings is 2. The van der Waals surface area contributed by atoms with Gasteiger partial charge in [-0.05, 0) is 24.3 Å². The number of fused-ring (bicyclic) bond motifs is 1. The number of aromatic nitrogens is 2. The molecule has 1 N–H and O–H groups in total. The average Bonchev–Trinajstić information content (AvgIpc) is 2.80. The van der Waals surface area contributed by atoms with Gasteiger partial charge < -0.3 is 9.72 Å². The Bertz CT molecular complexity index is 852. The summed E-state index contributed by atoms with van der Waals surface area (Å²) in [6.45, 7) is 0. The van der Waals surface area contributed by atoms with Crippen LogP contribution in [0.4, 0.5) is 8.78 Å². The molecule has 0 spiro atoms. The second-order valence-corrected chi connectivity index (χ2v) is 4.22. The number of nitrogens with zero attached hydrogens (tertiary/aromatic N) is 1. The van der Waals surface area contributed by atoms with Crippen molar-refractivity contribution in [2.24, 2.45) is 0 Å². The predicted molar refractivity (Wildman–Crippen MR) is 70.4 cm³/mol. The minimum absolute atomic E-state index is 0.122. The molecule has 0 radical (unpaired) electrons. The van der Waals surface area contributed by atoms with Gasteiger partial charge in [0.25, 0.3) is 0 Å². The van der Waals surface area contributed by atoms with Crippen LogP contribution in [0.25, 0.3) is 16.7 Å². The lowest BCUT2D eigenvalue weighted by molar-refractivity contribution is 0.414. The second-order valence-electron chi connectivity index (χ2n) is 4.22. The Hall–Kier alpha value is -2.63. The number of ether oxygens (including phenoxy) is 1. The van der Waals surface area contributed by atoms with Crippen molar-refractivity contribution in [2.75, 3.05) is 7.11 Å². The molecule has 1 heterocycles. The molecule has 2 aromatic carbocycles. The minimum atomic E-state index is -1.07. The molecule has 4 nitrogen and oxygen atoms in total. The van der Waals surface area contributed by atoms with Crippen LogP contribution in [-0.4, -0.2) is 16.7 Å². The summed E-state index contributed by atoms with van der Waals surface area (Å²) in [6, 6.07) is 8.84. The highest BCUT2D eigenvalue weighted by Crippen LogP contribution is 2.22. The SMILES string of the molecule is COc1cccc(-n2c(=O)[nH]c3ccc(F)c(F)c32)c1. The summed E-state index contributed by atoms with van der Waals surface area (Å²) < 4.78 is 33.5. The molecule has 0 bridgehead atoms. The van der Waals surface area contributed by atoms with E-state index in [1.807, 2.05) is 0 Å². The molecule has 102 valence electrons. The molecule has 0 aliphatic rings. The quantitative estimate of drug-likeness (QED) is 0.782. The second kappa shape index (κ2) is 4.48. The first-order chi connectivity index (χ1) is 9.61. The lowest BCUT2D eigenvalue weighted by Crippen LogP contribution is -2.15. The predicted octanol–water partition coefficient (Wildman–Crippen LogP) is 2.61. The summed E-state index contributed by atoms with van der Waals surface area (Å²) in [7, 11) is 1.48. The van der Waals surface area contributed by atoms with E-state index in [2.05, 4.69) is 4.98 Å². The van der Waals surface area contributed by atoms with E-state index in [0.717, 1.165) is 10.6 Å². The maximum absolute atomic E-state index is 14.0. The third-order valence-corrected chi connectivity index (χ3v) is 3.05. The van der Waals surface area contributed by atoms with Gasteiger partial charge in [-0.3, -0.25) is 4.57 Å². The van der Waals surface area contributed by atoms with E-state index in [-0.39, 0.29) is 11.0 Å². The largest absolute Gasteiger partial charge is 0.497 e. The van der Waals surface area contributed by atoms with Gasteiger partial charge in [-0.25, -0.2) is 13.6 Å². The Kier molecular flexibility index (Phi) is 2.78. The highest BCUT2D eigenvalue weighted by Gasteiger charge is 2.16. The number of aromatic amines is 1. The van der Waals surface area contributed by atoms with Gasteiger partial charge in [-0.15, -0.1) is 0 Å². The average molecular weight is 276 g/mol. The van der Waals surface area contributed by atoms with E-state index in [1.54, 1.807) is 24.3 Å². The van der Waals surface area contributed by atoms with E-state index >= 15 is 0 Å². The van der Waals surface area contributed by atoms with Gasteiger partial charge in [0.2, 0.25) is 0 Å². The summed E-state index contributed by atoms with van der Waals surface area (Å²) in [5.74, 6) is -1.56. The van der Waals surface area contributed by atoms with Crippen molar-refractivity contribution in [1.29, 1.82) is 0 Å². The maximum atomic E-state index is 14.0. The van der Waals surface area contributed by atoms with E-state index in [4.69, 9.17) is 4.74 Å². The summed E-state index contributed by atoms with van der Waals surface area (Å²) in [4.78, 5) is 14.5. The molecular formula is C14H10F2N2O2. The maximum Gasteiger partial charge on any atom is 0.331 e. The standard InChI is InChI=1S/C14H10F2N2O2/c1-20-9-4-2-3-8(7-9)18-13-11(17-14(18)19)6-5-10(15)12(13)16/h2-7H,1H3,(H,17,19). The fourth-order valence-corrected chi connectivity index (χ4v) is 2.13. The van der Waals surface area contributed by atoms with E-state index in [9.17, 15) is 13.6 Å². The molecule has 0 aliphatic carbocycles. The Morgan fingerprint density at radius 1 is 1.20 bits per heavy atom. The van der Waals surface area contributed by atoms with Gasteiger partial charge in [0.05, 0.1) is 18.3 Å². The molecule has 0 unspecified atom stereocenters. The molecule has 3 rings (SSSR count). The molecule has 0 aliphatic heterocycles. The smallest absolute Gasteiger partial charge is 0.331 e. The van der Waals surface area contributed by atoms with Crippen molar-refractivity contribution >= 4 is 11.0 Å². The van der Waals surface area contributed by atoms with Crippen LogP contribution in [0, 0.1) is 11.6 Å². The molecule has 0 atom stereocenters. The first-order valence-electron chi connectivity index (χ1n) is 5.85. The molecule has 0 amide bonds. The van der Waals surface area contributed by atoms with Gasteiger partial charge in [0.1, 0.15) is 11.3 Å². The van der Waals surface area contributed by atoms with Crippen LogP contribution >= 0.6 is 0 Å². The first-order valence-corrected chi connectivity index (χ1v) is 5.85. The monoisotopic (exact) mass is 276 g/mol. The van der Waals surface area contributed by atoms with Crippen LogP contribution in [-0.2, 0) is 0 Å². The van der Waals surface area contributed by atoms with Gasteiger partial charge in [-0.2, -0.15) is 0 Å². The Balaban J connectivity index is 2.38. The first kappa shape index (κ1) is 12.4. The fourth-order valence-electron chi connectivity index (χ4n) is 2.13. The molecule has 6 heteroatoms. The number of methoxy groups -OCH3 is 1. The van der Waals surface area contributed by atoms with Crippen LogP contribution in [0.1, 0.15) is 0 Å². The number of nitrogens with one attached hydrogen (secondary N) is 1. The van der Waals surface area contributed by atoms with Crippen molar-refractivity contribution in [3.63, 3.8) is 0 Å². The van der Waals surface area contributed by atoms with Crippen molar-refractivity contribution < 1.29 is 13.5 Å². The summed E-state index contributed by atoms with van der Waals surface area (Å²) >= 11 is 0. The molecular weight excluding hydrogens is 266 g/mol. The molecule has 0 fully saturated rings. The van der Waals surface area contributed by atoms with Crippen molar-refractivity contribution in [1.82, 2.24) is 9.55 Å². The topological polar surface area (TPSA) is 47.0 Å². The van der Waals surface area contributed by atoms with Crippen LogP contribution in [0.5, 0.6) is 5.75 Å². The molecule has 20 heavy (non-hydrogen) atoms. The molecule has 1 aromatic heterocycles. The number of H-pyrrole nitrogens is 1. The van der Waals surface area contributed by atoms with Crippen LogP contribution < -0.4 is 10.4 Å². The summed E-state index contributed by atoms with van der Waals surface area (Å²) in [5, 5.41) is 0. The zero-order valence-corrected chi connectivity index (χ0v) is 10.5. The summed E-state index contributed by atoms with van der Waals surface area (Å²) in [6.07, 6.45) is 0. The molecule has 0 saturated heterocycles. The molecule has 3 aromatic rings. The van der Waals surface area contributed by atoms with Crippen molar-refractivity contribution in [3.05, 3.63) is 58.5 Å². The minimum Gasteiger partial charge on any atom is -0.497 e. The van der Waals surface area contributed by atoms with E-state index < -0.39 is 17.3 Å². The number of imidazole rings is 1. The number of hydrogen-bond donors (Lipinski definition) is 1. The number of halogens is 2. The van der Waals surface area contributed by atoms with Crippen LogP contribution in [0.2, 0.25) is 0 Å². The lowest BCUT2D eigenvalue weighted by atomic mass is 10.2. The molecule has 0 saturated carbocycles. The zero-order chi connectivity index (χ0) is 14.3. The van der Waals surface area contributed by atoms with Crippen molar-refractivity contribution in [3.8, 4) is 11.4 Å². The van der Waals surface area contributed by atoms with E-state index in [1.165, 1.54) is 13.2 Å². The normalized spacial score (nSPS) is 10.9. The summed E-state index contributed by atoms with van der Waals surface area (Å²) in [5.41, 5.74) is -0.0390. The van der Waals surface area contributed by atoms with Crippen molar-refractivity contribution in [2.45, 2.75) is 0 Å². The van der Waals surface area contributed by atoms with Crippen LogP contribution in [0.15, 0.2) is 41.2 Å². The third kappa shape index (κ3) is 1.77. The zero-order valence-electron chi connectivity index (χ0n) is 10.5. The highest BCUT2D eigenvalue weighted by atomic mass is 19.2. The number of hydrogen-bond acceptors (Lipinski definition) is 2. The Labute approximate surface area is 112 Å².